The number of benzene rings is 2. The van der Waals surface area contributed by atoms with E-state index in [9.17, 15) is 0 Å². The normalized spacial score (nSPS) is 9.90. The standard InChI is InChI=1S/C16H15ClN2O/c1-11-7-12(9-18)3-4-13(11)10-19-16-8-14(20-2)5-6-15(16)17/h3-8,19H,10H2,1-2H3. The Labute approximate surface area is 123 Å². The Morgan fingerprint density at radius 3 is 2.70 bits per heavy atom. The molecule has 0 aliphatic carbocycles. The third-order valence-electron chi connectivity index (χ3n) is 3.11. The molecule has 102 valence electrons. The fraction of sp³-hybridized carbons (Fsp3) is 0.188. The van der Waals surface area contributed by atoms with E-state index in [0.29, 0.717) is 17.1 Å². The molecule has 0 atom stereocenters. The van der Waals surface area contributed by atoms with Crippen molar-refractivity contribution >= 4 is 17.3 Å². The number of aryl methyl sites for hydroxylation is 1. The highest BCUT2D eigenvalue weighted by Crippen LogP contribution is 2.27. The molecule has 3 nitrogen and oxygen atoms in total. The lowest BCUT2D eigenvalue weighted by Crippen LogP contribution is -2.02. The van der Waals surface area contributed by atoms with E-state index in [-0.39, 0.29) is 0 Å². The molecule has 0 amide bonds. The number of hydrogen-bond donors (Lipinski definition) is 1. The van der Waals surface area contributed by atoms with E-state index in [1.807, 2.05) is 37.3 Å². The fourth-order valence-electron chi connectivity index (χ4n) is 1.92. The lowest BCUT2D eigenvalue weighted by atomic mass is 10.1. The van der Waals surface area contributed by atoms with Crippen LogP contribution >= 0.6 is 11.6 Å². The first kappa shape index (κ1) is 14.2. The van der Waals surface area contributed by atoms with Crippen LogP contribution in [0.4, 0.5) is 5.69 Å². The van der Waals surface area contributed by atoms with Gasteiger partial charge in [-0.05, 0) is 42.3 Å². The summed E-state index contributed by atoms with van der Waals surface area (Å²) in [5.74, 6) is 0.758. The van der Waals surface area contributed by atoms with E-state index in [1.165, 1.54) is 0 Å². The predicted octanol–water partition coefficient (Wildman–Crippen LogP) is 4.14. The lowest BCUT2D eigenvalue weighted by molar-refractivity contribution is 0.415. The van der Waals surface area contributed by atoms with E-state index in [1.54, 1.807) is 13.2 Å². The molecule has 0 spiro atoms. The van der Waals surface area contributed by atoms with Gasteiger partial charge in [-0.3, -0.25) is 0 Å². The first-order chi connectivity index (χ1) is 9.63. The number of anilines is 1. The maximum absolute atomic E-state index is 8.86. The zero-order valence-corrected chi connectivity index (χ0v) is 12.2. The van der Waals surface area contributed by atoms with Gasteiger partial charge in [0.25, 0.3) is 0 Å². The van der Waals surface area contributed by atoms with Crippen LogP contribution in [0.5, 0.6) is 5.75 Å². The highest BCUT2D eigenvalue weighted by molar-refractivity contribution is 6.33. The van der Waals surface area contributed by atoms with Crippen LogP contribution in [-0.4, -0.2) is 7.11 Å². The molecule has 0 saturated carbocycles. The molecular formula is C16H15ClN2O. The second-order valence-electron chi connectivity index (χ2n) is 4.45. The van der Waals surface area contributed by atoms with Crippen LogP contribution < -0.4 is 10.1 Å². The maximum Gasteiger partial charge on any atom is 0.121 e. The molecule has 0 aliphatic heterocycles. The number of nitrogens with one attached hydrogen (secondary N) is 1. The molecule has 1 N–H and O–H groups in total. The predicted molar refractivity (Wildman–Crippen MR) is 81.2 cm³/mol. The van der Waals surface area contributed by atoms with Crippen molar-refractivity contribution < 1.29 is 4.74 Å². The molecule has 0 saturated heterocycles. The molecule has 20 heavy (non-hydrogen) atoms. The molecular weight excluding hydrogens is 272 g/mol. The van der Waals surface area contributed by atoms with Crippen LogP contribution in [-0.2, 0) is 6.54 Å². The van der Waals surface area contributed by atoms with Gasteiger partial charge in [0.15, 0.2) is 0 Å². The summed E-state index contributed by atoms with van der Waals surface area (Å²) in [4.78, 5) is 0. The minimum atomic E-state index is 0.643. The summed E-state index contributed by atoms with van der Waals surface area (Å²) in [5.41, 5.74) is 3.71. The Morgan fingerprint density at radius 2 is 2.05 bits per heavy atom. The number of nitrogens with zero attached hydrogens (tertiary/aromatic N) is 1. The van der Waals surface area contributed by atoms with Crippen molar-refractivity contribution in [1.82, 2.24) is 0 Å². The summed E-state index contributed by atoms with van der Waals surface area (Å²) in [6.45, 7) is 2.63. The number of halogens is 1. The first-order valence-electron chi connectivity index (χ1n) is 6.21. The van der Waals surface area contributed by atoms with E-state index in [2.05, 4.69) is 11.4 Å². The molecule has 0 aliphatic rings. The van der Waals surface area contributed by atoms with E-state index in [4.69, 9.17) is 21.6 Å². The van der Waals surface area contributed by atoms with Gasteiger partial charge in [-0.1, -0.05) is 17.7 Å². The van der Waals surface area contributed by atoms with E-state index < -0.39 is 0 Å². The molecule has 0 aromatic heterocycles. The first-order valence-corrected chi connectivity index (χ1v) is 6.59. The van der Waals surface area contributed by atoms with Crippen molar-refractivity contribution in [3.05, 3.63) is 58.1 Å². The summed E-state index contributed by atoms with van der Waals surface area (Å²) in [7, 11) is 1.62. The quantitative estimate of drug-likeness (QED) is 0.919. The monoisotopic (exact) mass is 286 g/mol. The lowest BCUT2D eigenvalue weighted by Gasteiger charge is -2.12. The van der Waals surface area contributed by atoms with Gasteiger partial charge in [-0.25, -0.2) is 0 Å². The van der Waals surface area contributed by atoms with Crippen molar-refractivity contribution in [1.29, 1.82) is 5.26 Å². The molecule has 2 aromatic rings. The fourth-order valence-corrected chi connectivity index (χ4v) is 2.11. The van der Waals surface area contributed by atoms with Gasteiger partial charge in [0.05, 0.1) is 29.5 Å². The number of rotatable bonds is 4. The van der Waals surface area contributed by atoms with Gasteiger partial charge in [0.2, 0.25) is 0 Å². The zero-order chi connectivity index (χ0) is 14.5. The summed E-state index contributed by atoms with van der Waals surface area (Å²) in [5, 5.41) is 12.8. The van der Waals surface area contributed by atoms with Gasteiger partial charge >= 0.3 is 0 Å². The Balaban J connectivity index is 2.15. The Morgan fingerprint density at radius 1 is 1.25 bits per heavy atom. The molecule has 0 fully saturated rings. The van der Waals surface area contributed by atoms with Gasteiger partial charge in [-0.2, -0.15) is 5.26 Å². The van der Waals surface area contributed by atoms with Crippen molar-refractivity contribution in [2.75, 3.05) is 12.4 Å². The van der Waals surface area contributed by atoms with Crippen LogP contribution in [0, 0.1) is 18.3 Å². The summed E-state index contributed by atoms with van der Waals surface area (Å²) < 4.78 is 5.18. The molecule has 0 radical (unpaired) electrons. The average Bonchev–Trinajstić information content (AvgIpc) is 2.47. The number of methoxy groups -OCH3 is 1. The van der Waals surface area contributed by atoms with Crippen LogP contribution in [0.15, 0.2) is 36.4 Å². The molecule has 2 aromatic carbocycles. The van der Waals surface area contributed by atoms with Crippen LogP contribution in [0.3, 0.4) is 0 Å². The number of hydrogen-bond acceptors (Lipinski definition) is 3. The molecule has 4 heteroatoms. The van der Waals surface area contributed by atoms with Crippen molar-refractivity contribution in [2.24, 2.45) is 0 Å². The second-order valence-corrected chi connectivity index (χ2v) is 4.86. The van der Waals surface area contributed by atoms with Crippen LogP contribution in [0.2, 0.25) is 5.02 Å². The summed E-state index contributed by atoms with van der Waals surface area (Å²) in [6.07, 6.45) is 0. The summed E-state index contributed by atoms with van der Waals surface area (Å²) >= 11 is 6.15. The third-order valence-corrected chi connectivity index (χ3v) is 3.44. The van der Waals surface area contributed by atoms with Crippen molar-refractivity contribution in [2.45, 2.75) is 13.5 Å². The topological polar surface area (TPSA) is 45.0 Å². The smallest absolute Gasteiger partial charge is 0.121 e. The van der Waals surface area contributed by atoms with E-state index >= 15 is 0 Å². The summed E-state index contributed by atoms with van der Waals surface area (Å²) in [6, 6.07) is 13.3. The largest absolute Gasteiger partial charge is 0.497 e. The highest BCUT2D eigenvalue weighted by atomic mass is 35.5. The van der Waals surface area contributed by atoms with Crippen LogP contribution in [0.1, 0.15) is 16.7 Å². The zero-order valence-electron chi connectivity index (χ0n) is 11.4. The van der Waals surface area contributed by atoms with E-state index in [0.717, 1.165) is 22.6 Å². The molecule has 0 bridgehead atoms. The number of ether oxygens (including phenoxy) is 1. The minimum Gasteiger partial charge on any atom is -0.497 e. The minimum absolute atomic E-state index is 0.643. The van der Waals surface area contributed by atoms with Gasteiger partial charge in [-0.15, -0.1) is 0 Å². The highest BCUT2D eigenvalue weighted by Gasteiger charge is 2.04. The number of nitriles is 1. The van der Waals surface area contributed by atoms with Crippen LogP contribution in [0.25, 0.3) is 0 Å². The molecule has 0 unspecified atom stereocenters. The van der Waals surface area contributed by atoms with Gasteiger partial charge in [0, 0.05) is 12.6 Å². The molecule has 2 rings (SSSR count). The SMILES string of the molecule is COc1ccc(Cl)c(NCc2ccc(C#N)cc2C)c1. The maximum atomic E-state index is 8.86. The van der Waals surface area contributed by atoms with Crippen molar-refractivity contribution in [3.8, 4) is 11.8 Å². The Bertz CT molecular complexity index is 662. The second kappa shape index (κ2) is 6.31. The average molecular weight is 287 g/mol. The van der Waals surface area contributed by atoms with Gasteiger partial charge in [0.1, 0.15) is 5.75 Å². The Kier molecular flexibility index (Phi) is 4.49. The van der Waals surface area contributed by atoms with Crippen molar-refractivity contribution in [3.63, 3.8) is 0 Å². The molecule has 0 heterocycles. The third kappa shape index (κ3) is 3.23. The van der Waals surface area contributed by atoms with Gasteiger partial charge < -0.3 is 10.1 Å². The Hall–Kier alpha value is -2.18.